The first-order valence-electron chi connectivity index (χ1n) is 10.3. The van der Waals surface area contributed by atoms with Gasteiger partial charge >= 0.3 is 12.1 Å². The quantitative estimate of drug-likeness (QED) is 0.559. The fraction of sp³-hybridized carbons (Fsp3) is 0.429. The fourth-order valence-electron chi connectivity index (χ4n) is 3.57. The zero-order valence-corrected chi connectivity index (χ0v) is 19.9. The molecule has 0 fully saturated rings. The van der Waals surface area contributed by atoms with E-state index in [1.165, 1.54) is 13.2 Å². The number of hydrogen-bond acceptors (Lipinski definition) is 7. The van der Waals surface area contributed by atoms with Crippen LogP contribution < -0.4 is 10.6 Å². The van der Waals surface area contributed by atoms with E-state index < -0.39 is 18.0 Å². The zero-order valence-electron chi connectivity index (χ0n) is 18.3. The SMILES string of the molecule is CCOC(=O)C1CCCC(C)C(=O)Nc2cc(NC(=O)OC)ccc2-c2nc1n(SF)c2Cl. The third-order valence-electron chi connectivity index (χ3n) is 5.30. The average molecular weight is 499 g/mol. The summed E-state index contributed by atoms with van der Waals surface area (Å²) in [6.07, 6.45) is 0.629. The second-order valence-corrected chi connectivity index (χ2v) is 8.34. The minimum absolute atomic E-state index is 0.0525. The lowest BCUT2D eigenvalue weighted by molar-refractivity contribution is -0.145. The van der Waals surface area contributed by atoms with Gasteiger partial charge in [0.05, 0.1) is 19.4 Å². The van der Waals surface area contributed by atoms with Crippen molar-refractivity contribution in [1.29, 1.82) is 0 Å². The Bertz CT molecular complexity index is 1060. The Morgan fingerprint density at radius 3 is 2.82 bits per heavy atom. The van der Waals surface area contributed by atoms with Gasteiger partial charge in [-0.2, -0.15) is 0 Å². The number of carbonyl (C=O) groups excluding carboxylic acids is 3. The lowest BCUT2D eigenvalue weighted by Crippen LogP contribution is -2.23. The number of fused-ring (bicyclic) bond motifs is 4. The molecule has 0 saturated heterocycles. The van der Waals surface area contributed by atoms with Crippen LogP contribution in [0.1, 0.15) is 44.9 Å². The van der Waals surface area contributed by atoms with Crippen molar-refractivity contribution in [3.63, 3.8) is 0 Å². The van der Waals surface area contributed by atoms with Crippen LogP contribution in [0.4, 0.5) is 20.1 Å². The molecule has 2 aromatic rings. The van der Waals surface area contributed by atoms with Crippen molar-refractivity contribution in [2.45, 2.75) is 39.0 Å². The number of nitrogens with one attached hydrogen (secondary N) is 2. The fourth-order valence-corrected chi connectivity index (χ4v) is 4.27. The Morgan fingerprint density at radius 1 is 1.39 bits per heavy atom. The van der Waals surface area contributed by atoms with Gasteiger partial charge in [-0.15, -0.1) is 3.89 Å². The van der Waals surface area contributed by atoms with Crippen molar-refractivity contribution in [1.82, 2.24) is 8.96 Å². The van der Waals surface area contributed by atoms with Crippen LogP contribution in [0, 0.1) is 5.92 Å². The number of amides is 2. The molecule has 1 aromatic heterocycles. The van der Waals surface area contributed by atoms with Gasteiger partial charge in [-0.25, -0.2) is 13.8 Å². The highest BCUT2D eigenvalue weighted by molar-refractivity contribution is 7.92. The van der Waals surface area contributed by atoms with Crippen LogP contribution in [0.25, 0.3) is 11.3 Å². The number of imidazole rings is 1. The number of rotatable bonds is 4. The van der Waals surface area contributed by atoms with Gasteiger partial charge in [0, 0.05) is 17.2 Å². The summed E-state index contributed by atoms with van der Waals surface area (Å²) >= 11 is 6.31. The molecular weight excluding hydrogens is 475 g/mol. The minimum atomic E-state index is -0.849. The lowest BCUT2D eigenvalue weighted by Gasteiger charge is -2.18. The maximum Gasteiger partial charge on any atom is 0.411 e. The molecule has 9 nitrogen and oxygen atoms in total. The molecule has 33 heavy (non-hydrogen) atoms. The van der Waals surface area contributed by atoms with Crippen molar-refractivity contribution in [3.8, 4) is 11.3 Å². The molecular formula is C21H24ClFN4O5S. The largest absolute Gasteiger partial charge is 0.465 e. The number of anilines is 2. The highest BCUT2D eigenvalue weighted by atomic mass is 35.5. The van der Waals surface area contributed by atoms with Crippen LogP contribution >= 0.6 is 23.9 Å². The highest BCUT2D eigenvalue weighted by Gasteiger charge is 2.32. The number of carbonyl (C=O) groups is 3. The van der Waals surface area contributed by atoms with E-state index in [9.17, 15) is 18.3 Å². The second-order valence-electron chi connectivity index (χ2n) is 7.48. The number of hydrogen-bond donors (Lipinski definition) is 2. The maximum absolute atomic E-state index is 13.9. The molecule has 2 N–H and O–H groups in total. The van der Waals surface area contributed by atoms with Gasteiger partial charge in [0.25, 0.3) is 0 Å². The van der Waals surface area contributed by atoms with E-state index in [2.05, 4.69) is 20.4 Å². The highest BCUT2D eigenvalue weighted by Crippen LogP contribution is 2.40. The van der Waals surface area contributed by atoms with Crippen LogP contribution in [-0.2, 0) is 19.1 Å². The standard InChI is InChI=1S/C21H24ClFN4O5S/c1-4-32-20(29)14-7-5-6-11(2)19(28)25-15-10-12(24-21(30)31-3)8-9-13(15)16-17(22)27(33-23)18(14)26-16/h8-11,14H,4-7H2,1-3H3,(H,24,30)(H,25,28). The van der Waals surface area contributed by atoms with E-state index in [4.69, 9.17) is 16.3 Å². The van der Waals surface area contributed by atoms with Gasteiger partial charge in [0.1, 0.15) is 22.6 Å². The molecule has 1 aromatic carbocycles. The lowest BCUT2D eigenvalue weighted by atomic mass is 9.96. The summed E-state index contributed by atoms with van der Waals surface area (Å²) in [5.74, 6) is -1.88. The van der Waals surface area contributed by atoms with E-state index in [1.54, 1.807) is 26.0 Å². The molecule has 2 unspecified atom stereocenters. The van der Waals surface area contributed by atoms with Crippen LogP contribution in [0.2, 0.25) is 5.15 Å². The maximum atomic E-state index is 13.9. The molecule has 3 rings (SSSR count). The Kier molecular flexibility index (Phi) is 8.20. The predicted octanol–water partition coefficient (Wildman–Crippen LogP) is 5.17. The molecule has 12 heteroatoms. The normalized spacial score (nSPS) is 18.3. The summed E-state index contributed by atoms with van der Waals surface area (Å²) in [5.41, 5.74) is 1.25. The van der Waals surface area contributed by atoms with Gasteiger partial charge in [0.15, 0.2) is 12.3 Å². The summed E-state index contributed by atoms with van der Waals surface area (Å²) in [6, 6.07) is 4.68. The number of methoxy groups -OCH3 is 1. The Morgan fingerprint density at radius 2 is 2.15 bits per heavy atom. The number of ether oxygens (including phenoxy) is 2. The summed E-state index contributed by atoms with van der Waals surface area (Å²) in [5, 5.41) is 5.33. The van der Waals surface area contributed by atoms with E-state index in [0.29, 0.717) is 36.2 Å². The molecule has 2 bridgehead atoms. The third-order valence-corrected chi connectivity index (χ3v) is 6.26. The number of nitrogens with zero attached hydrogens (tertiary/aromatic N) is 2. The van der Waals surface area contributed by atoms with Crippen molar-refractivity contribution in [2.75, 3.05) is 24.4 Å². The first-order chi connectivity index (χ1) is 15.8. The van der Waals surface area contributed by atoms with Crippen LogP contribution in [0.5, 0.6) is 0 Å². The topological polar surface area (TPSA) is 112 Å². The summed E-state index contributed by atoms with van der Waals surface area (Å²) in [6.45, 7) is 3.63. The summed E-state index contributed by atoms with van der Waals surface area (Å²) in [7, 11) is 1.23. The van der Waals surface area contributed by atoms with E-state index >= 15 is 0 Å². The van der Waals surface area contributed by atoms with E-state index in [1.807, 2.05) is 0 Å². The summed E-state index contributed by atoms with van der Waals surface area (Å²) < 4.78 is 24.8. The molecule has 2 amide bonds. The molecule has 0 spiro atoms. The molecule has 2 atom stereocenters. The average Bonchev–Trinajstić information content (AvgIpc) is 3.11. The Labute approximate surface area is 199 Å². The predicted molar refractivity (Wildman–Crippen MR) is 124 cm³/mol. The van der Waals surface area contributed by atoms with Crippen molar-refractivity contribution in [3.05, 3.63) is 29.2 Å². The minimum Gasteiger partial charge on any atom is -0.465 e. The van der Waals surface area contributed by atoms with E-state index in [0.717, 1.165) is 3.97 Å². The first-order valence-corrected chi connectivity index (χ1v) is 11.4. The number of benzene rings is 1. The number of esters is 1. The van der Waals surface area contributed by atoms with E-state index in [-0.39, 0.29) is 47.4 Å². The molecule has 1 aliphatic heterocycles. The molecule has 1 aliphatic rings. The van der Waals surface area contributed by atoms with Gasteiger partial charge in [-0.3, -0.25) is 14.9 Å². The van der Waals surface area contributed by atoms with Crippen LogP contribution in [0.15, 0.2) is 18.2 Å². The van der Waals surface area contributed by atoms with Gasteiger partial charge in [0.2, 0.25) is 5.91 Å². The smallest absolute Gasteiger partial charge is 0.411 e. The van der Waals surface area contributed by atoms with Crippen molar-refractivity contribution >= 4 is 53.3 Å². The molecule has 0 aliphatic carbocycles. The second kappa shape index (κ2) is 10.9. The Hall–Kier alpha value is -2.79. The first kappa shape index (κ1) is 24.8. The molecule has 0 saturated carbocycles. The monoisotopic (exact) mass is 498 g/mol. The third kappa shape index (κ3) is 5.41. The molecule has 178 valence electrons. The van der Waals surface area contributed by atoms with Crippen LogP contribution in [-0.4, -0.2) is 40.6 Å². The van der Waals surface area contributed by atoms with Crippen LogP contribution in [0.3, 0.4) is 0 Å². The Balaban J connectivity index is 2.19. The van der Waals surface area contributed by atoms with Crippen molar-refractivity contribution in [2.24, 2.45) is 5.92 Å². The van der Waals surface area contributed by atoms with Crippen molar-refractivity contribution < 1.29 is 27.7 Å². The van der Waals surface area contributed by atoms with Gasteiger partial charge in [-0.1, -0.05) is 24.9 Å². The zero-order chi connectivity index (χ0) is 24.1. The van der Waals surface area contributed by atoms with Gasteiger partial charge < -0.3 is 14.8 Å². The molecule has 0 radical (unpaired) electrons. The summed E-state index contributed by atoms with van der Waals surface area (Å²) in [4.78, 5) is 41.6. The number of aromatic nitrogens is 2. The van der Waals surface area contributed by atoms with Gasteiger partial charge in [-0.05, 0) is 38.0 Å². The number of halogens is 2. The molecule has 2 heterocycles.